The van der Waals surface area contributed by atoms with Crippen molar-refractivity contribution in [3.8, 4) is 10.6 Å². The number of benzene rings is 1. The normalized spacial score (nSPS) is 15.1. The van der Waals surface area contributed by atoms with Crippen LogP contribution in [0.2, 0.25) is 0 Å². The van der Waals surface area contributed by atoms with Crippen molar-refractivity contribution in [2.24, 2.45) is 0 Å². The second kappa shape index (κ2) is 8.36. The van der Waals surface area contributed by atoms with Crippen molar-refractivity contribution in [2.75, 3.05) is 13.1 Å². The molecule has 34 heavy (non-hydrogen) atoms. The lowest BCUT2D eigenvalue weighted by molar-refractivity contribution is 0.0708. The number of likely N-dealkylation sites (tertiary alicyclic amines) is 1. The number of amides is 1. The molecular weight excluding hydrogens is 446 g/mol. The molecule has 0 N–H and O–H groups in total. The minimum Gasteiger partial charge on any atom is -0.440 e. The van der Waals surface area contributed by atoms with Crippen LogP contribution in [0.3, 0.4) is 0 Å². The van der Waals surface area contributed by atoms with E-state index in [-0.39, 0.29) is 17.9 Å². The lowest BCUT2D eigenvalue weighted by Crippen LogP contribution is -2.38. The van der Waals surface area contributed by atoms with Crippen LogP contribution in [0.1, 0.15) is 54.9 Å². The Labute approximate surface area is 201 Å². The van der Waals surface area contributed by atoms with Crippen molar-refractivity contribution in [3.05, 3.63) is 65.5 Å². The summed E-state index contributed by atoms with van der Waals surface area (Å²) in [6.07, 6.45) is 3.44. The number of carbonyl (C=O) groups is 1. The molecule has 0 aliphatic carbocycles. The molecule has 1 aromatic carbocycles. The van der Waals surface area contributed by atoms with Crippen molar-refractivity contribution in [1.82, 2.24) is 24.6 Å². The van der Waals surface area contributed by atoms with Gasteiger partial charge in [0.2, 0.25) is 0 Å². The van der Waals surface area contributed by atoms with Gasteiger partial charge in [0.25, 0.3) is 5.91 Å². The van der Waals surface area contributed by atoms with E-state index in [2.05, 4.69) is 23.9 Å². The maximum atomic E-state index is 13.7. The Morgan fingerprint density at radius 1 is 1.12 bits per heavy atom. The molecule has 1 aliphatic heterocycles. The summed E-state index contributed by atoms with van der Waals surface area (Å²) in [4.78, 5) is 26.3. The summed E-state index contributed by atoms with van der Waals surface area (Å²) in [6, 6.07) is 14.0. The highest BCUT2D eigenvalue weighted by molar-refractivity contribution is 7.13. The molecule has 0 spiro atoms. The van der Waals surface area contributed by atoms with E-state index in [9.17, 15) is 4.79 Å². The minimum absolute atomic E-state index is 0.0320. The first-order valence-corrected chi connectivity index (χ1v) is 12.5. The fourth-order valence-electron chi connectivity index (χ4n) is 4.69. The molecule has 0 saturated carbocycles. The number of hydrogen-bond donors (Lipinski definition) is 0. The molecule has 7 nitrogen and oxygen atoms in total. The average molecular weight is 472 g/mol. The molecular formula is C26H25N5O2S. The SMILES string of the molecule is CC(C)n1ncc2c(C(=O)N3CCC(c4nc5ccccc5o4)CC3)cc(-c3cccs3)nc21. The van der Waals surface area contributed by atoms with Gasteiger partial charge < -0.3 is 9.32 Å². The number of rotatable bonds is 4. The van der Waals surface area contributed by atoms with Crippen LogP contribution >= 0.6 is 11.3 Å². The van der Waals surface area contributed by atoms with Crippen molar-refractivity contribution in [2.45, 2.75) is 38.6 Å². The van der Waals surface area contributed by atoms with Crippen molar-refractivity contribution < 1.29 is 9.21 Å². The zero-order valence-electron chi connectivity index (χ0n) is 19.1. The van der Waals surface area contributed by atoms with Gasteiger partial charge in [0.1, 0.15) is 5.52 Å². The summed E-state index contributed by atoms with van der Waals surface area (Å²) in [5, 5.41) is 7.38. The monoisotopic (exact) mass is 471 g/mol. The number of aromatic nitrogens is 4. The van der Waals surface area contributed by atoms with Crippen LogP contribution in [0.15, 0.2) is 58.5 Å². The molecule has 5 aromatic rings. The fourth-order valence-corrected chi connectivity index (χ4v) is 5.37. The summed E-state index contributed by atoms with van der Waals surface area (Å²) in [7, 11) is 0. The van der Waals surface area contributed by atoms with Gasteiger partial charge in [-0.3, -0.25) is 4.79 Å². The van der Waals surface area contributed by atoms with E-state index in [1.54, 1.807) is 17.5 Å². The first kappa shape index (κ1) is 21.0. The second-order valence-electron chi connectivity index (χ2n) is 9.04. The predicted octanol–water partition coefficient (Wildman–Crippen LogP) is 5.90. The quantitative estimate of drug-likeness (QED) is 0.326. The Hall–Kier alpha value is -3.52. The largest absolute Gasteiger partial charge is 0.440 e. The maximum absolute atomic E-state index is 13.7. The molecule has 0 bridgehead atoms. The Bertz CT molecular complexity index is 1440. The third-order valence-electron chi connectivity index (χ3n) is 6.50. The predicted molar refractivity (Wildman–Crippen MR) is 133 cm³/mol. The van der Waals surface area contributed by atoms with Gasteiger partial charge in [-0.05, 0) is 56.3 Å². The number of carbonyl (C=O) groups excluding carboxylic acids is 1. The van der Waals surface area contributed by atoms with Gasteiger partial charge in [-0.15, -0.1) is 11.3 Å². The van der Waals surface area contributed by atoms with E-state index in [4.69, 9.17) is 9.40 Å². The van der Waals surface area contributed by atoms with Gasteiger partial charge in [0, 0.05) is 25.0 Å². The van der Waals surface area contributed by atoms with E-state index in [1.165, 1.54) is 0 Å². The minimum atomic E-state index is 0.0320. The van der Waals surface area contributed by atoms with Crippen LogP contribution in [0.4, 0.5) is 0 Å². The zero-order chi connectivity index (χ0) is 23.2. The van der Waals surface area contributed by atoms with Crippen molar-refractivity contribution in [3.63, 3.8) is 0 Å². The summed E-state index contributed by atoms with van der Waals surface area (Å²) >= 11 is 1.62. The number of fused-ring (bicyclic) bond motifs is 2. The van der Waals surface area contributed by atoms with Crippen LogP contribution in [-0.4, -0.2) is 43.6 Å². The van der Waals surface area contributed by atoms with Crippen molar-refractivity contribution in [1.29, 1.82) is 0 Å². The van der Waals surface area contributed by atoms with Gasteiger partial charge in [-0.2, -0.15) is 5.10 Å². The molecule has 172 valence electrons. The van der Waals surface area contributed by atoms with Crippen LogP contribution in [-0.2, 0) is 0 Å². The van der Waals surface area contributed by atoms with Gasteiger partial charge in [0.05, 0.1) is 27.7 Å². The van der Waals surface area contributed by atoms with Crippen molar-refractivity contribution >= 4 is 39.4 Å². The lowest BCUT2D eigenvalue weighted by Gasteiger charge is -2.31. The molecule has 5 heterocycles. The number of hydrogen-bond acceptors (Lipinski definition) is 6. The van der Waals surface area contributed by atoms with E-state index in [0.717, 1.165) is 51.4 Å². The highest BCUT2D eigenvalue weighted by atomic mass is 32.1. The molecule has 1 saturated heterocycles. The molecule has 4 aromatic heterocycles. The summed E-state index contributed by atoms with van der Waals surface area (Å²) < 4.78 is 7.89. The van der Waals surface area contributed by atoms with Gasteiger partial charge in [0.15, 0.2) is 17.1 Å². The second-order valence-corrected chi connectivity index (χ2v) is 9.99. The van der Waals surface area contributed by atoms with Crippen LogP contribution < -0.4 is 0 Å². The summed E-state index contributed by atoms with van der Waals surface area (Å²) in [5.74, 6) is 1.03. The third kappa shape index (κ3) is 3.58. The Morgan fingerprint density at radius 3 is 2.68 bits per heavy atom. The van der Waals surface area contributed by atoms with Crippen LogP contribution in [0.25, 0.3) is 32.7 Å². The number of para-hydroxylation sites is 2. The molecule has 8 heteroatoms. The van der Waals surface area contributed by atoms with E-state index < -0.39 is 0 Å². The van der Waals surface area contributed by atoms with Gasteiger partial charge in [-0.1, -0.05) is 18.2 Å². The first-order valence-electron chi connectivity index (χ1n) is 11.7. The molecule has 1 amide bonds. The van der Waals surface area contributed by atoms with E-state index in [1.807, 2.05) is 57.4 Å². The number of thiophene rings is 1. The highest BCUT2D eigenvalue weighted by Gasteiger charge is 2.29. The Morgan fingerprint density at radius 2 is 1.94 bits per heavy atom. The topological polar surface area (TPSA) is 77.0 Å². The lowest BCUT2D eigenvalue weighted by atomic mass is 9.96. The van der Waals surface area contributed by atoms with E-state index >= 15 is 0 Å². The summed E-state index contributed by atoms with van der Waals surface area (Å²) in [5.41, 5.74) is 3.94. The maximum Gasteiger partial charge on any atom is 0.254 e. The van der Waals surface area contributed by atoms with Gasteiger partial charge >= 0.3 is 0 Å². The number of nitrogens with zero attached hydrogens (tertiary/aromatic N) is 5. The molecule has 0 unspecified atom stereocenters. The van der Waals surface area contributed by atoms with Gasteiger partial charge in [-0.25, -0.2) is 14.6 Å². The Balaban J connectivity index is 1.29. The third-order valence-corrected chi connectivity index (χ3v) is 7.39. The Kier molecular flexibility index (Phi) is 5.17. The molecule has 1 fully saturated rings. The van der Waals surface area contributed by atoms with Crippen LogP contribution in [0.5, 0.6) is 0 Å². The molecule has 1 aliphatic rings. The average Bonchev–Trinajstić information content (AvgIpc) is 3.62. The van der Waals surface area contributed by atoms with E-state index in [0.29, 0.717) is 18.7 Å². The fraction of sp³-hybridized carbons (Fsp3) is 0.308. The summed E-state index contributed by atoms with van der Waals surface area (Å²) in [6.45, 7) is 5.48. The zero-order valence-corrected chi connectivity index (χ0v) is 20.0. The van der Waals surface area contributed by atoms with Crippen LogP contribution in [0, 0.1) is 0 Å². The molecule has 0 atom stereocenters. The number of piperidine rings is 1. The number of oxazole rings is 1. The highest BCUT2D eigenvalue weighted by Crippen LogP contribution is 2.33. The number of pyridine rings is 1. The standard InChI is InChI=1S/C26H25N5O2S/c1-16(2)31-24-19(15-27-31)18(14-21(28-24)23-8-5-13-34-23)26(32)30-11-9-17(10-12-30)25-29-20-6-3-4-7-22(20)33-25/h3-8,13-17H,9-12H2,1-2H3. The smallest absolute Gasteiger partial charge is 0.254 e. The first-order chi connectivity index (χ1) is 16.6. The molecule has 0 radical (unpaired) electrons. The molecule has 6 rings (SSSR count).